The first-order valence-corrected chi connectivity index (χ1v) is 29.1. The maximum atomic E-state index is 12.8. The Morgan fingerprint density at radius 2 is 0.565 bits per heavy atom. The molecule has 0 saturated heterocycles. The van der Waals surface area contributed by atoms with Crippen molar-refractivity contribution in [2.24, 2.45) is 0 Å². The van der Waals surface area contributed by atoms with Gasteiger partial charge in [0.15, 0.2) is 6.10 Å². The van der Waals surface area contributed by atoms with E-state index in [0.717, 1.165) is 89.9 Å². The van der Waals surface area contributed by atoms with Crippen LogP contribution >= 0.6 is 0 Å². The lowest BCUT2D eigenvalue weighted by Crippen LogP contribution is -2.30. The summed E-state index contributed by atoms with van der Waals surface area (Å²) in [6, 6.07) is 0. The second-order valence-electron chi connectivity index (χ2n) is 19.2. The van der Waals surface area contributed by atoms with E-state index < -0.39 is 6.10 Å². The fourth-order valence-corrected chi connectivity index (χ4v) is 8.03. The highest BCUT2D eigenvalue weighted by molar-refractivity contribution is 5.71. The van der Waals surface area contributed by atoms with Gasteiger partial charge < -0.3 is 14.2 Å². The minimum atomic E-state index is -0.813. The van der Waals surface area contributed by atoms with E-state index in [1.807, 2.05) is 0 Å². The second kappa shape index (κ2) is 57.2. The molecule has 0 spiro atoms. The van der Waals surface area contributed by atoms with Gasteiger partial charge in [-0.3, -0.25) is 14.4 Å². The predicted molar refractivity (Wildman–Crippen MR) is 297 cm³/mol. The molecule has 0 radical (unpaired) electrons. The Morgan fingerprint density at radius 3 is 0.913 bits per heavy atom. The van der Waals surface area contributed by atoms with Crippen molar-refractivity contribution in [2.45, 2.75) is 284 Å². The number of esters is 3. The van der Waals surface area contributed by atoms with Crippen LogP contribution in [0.25, 0.3) is 0 Å². The number of hydrogen-bond donors (Lipinski definition) is 0. The maximum Gasteiger partial charge on any atom is 0.306 e. The lowest BCUT2D eigenvalue weighted by Gasteiger charge is -2.18. The van der Waals surface area contributed by atoms with Crippen molar-refractivity contribution in [3.05, 3.63) is 85.1 Å². The van der Waals surface area contributed by atoms with Crippen molar-refractivity contribution in [1.82, 2.24) is 0 Å². The third kappa shape index (κ3) is 55.4. The van der Waals surface area contributed by atoms with Crippen molar-refractivity contribution in [3.8, 4) is 0 Å². The summed E-state index contributed by atoms with van der Waals surface area (Å²) in [6.07, 6.45) is 74.4. The molecule has 0 unspecified atom stereocenters. The summed E-state index contributed by atoms with van der Waals surface area (Å²) in [5.41, 5.74) is 0. The standard InChI is InChI=1S/C63H108O6/c1-4-7-10-13-16-19-22-25-28-29-30-31-32-33-36-38-41-44-47-50-53-56-62(65)68-59-60(69-63(66)57-54-51-48-45-42-39-35-27-24-21-18-15-12-9-6-3)58-67-61(64)55-52-49-46-43-40-37-34-26-23-20-17-14-11-8-5-2/h8,11,17-18,20-21,26-27,34-35,40,42-43,45,60H,4-7,9-10,12-16,19,22-25,28-33,36-39,41,44,46-59H2,1-3H3/b11-8-,20-17-,21-18-,34-26-,35-27-,43-40-,45-42-/t60-/m1/s1. The van der Waals surface area contributed by atoms with Crippen LogP contribution in [-0.4, -0.2) is 37.2 Å². The monoisotopic (exact) mass is 961 g/mol. The summed E-state index contributed by atoms with van der Waals surface area (Å²) >= 11 is 0. The van der Waals surface area contributed by atoms with E-state index in [9.17, 15) is 14.4 Å². The first-order valence-electron chi connectivity index (χ1n) is 29.1. The van der Waals surface area contributed by atoms with E-state index in [2.05, 4.69) is 106 Å². The summed E-state index contributed by atoms with van der Waals surface area (Å²) in [7, 11) is 0. The second-order valence-corrected chi connectivity index (χ2v) is 19.2. The molecule has 69 heavy (non-hydrogen) atoms. The lowest BCUT2D eigenvalue weighted by atomic mass is 10.0. The van der Waals surface area contributed by atoms with Crippen LogP contribution in [0.4, 0.5) is 0 Å². The maximum absolute atomic E-state index is 12.8. The van der Waals surface area contributed by atoms with E-state index in [4.69, 9.17) is 14.2 Å². The van der Waals surface area contributed by atoms with Crippen LogP contribution in [0.3, 0.4) is 0 Å². The van der Waals surface area contributed by atoms with E-state index in [1.54, 1.807) is 0 Å². The Kier molecular flexibility index (Phi) is 54.3. The quantitative estimate of drug-likeness (QED) is 0.0262. The Morgan fingerprint density at radius 1 is 0.304 bits per heavy atom. The molecule has 6 heteroatoms. The number of rotatable bonds is 52. The molecular formula is C63H108O6. The Bertz CT molecular complexity index is 1330. The number of unbranched alkanes of at least 4 members (excludes halogenated alkanes) is 27. The van der Waals surface area contributed by atoms with Gasteiger partial charge in [0.25, 0.3) is 0 Å². The molecule has 0 aliphatic heterocycles. The molecule has 0 aromatic rings. The predicted octanol–water partition coefficient (Wildman–Crippen LogP) is 19.5. The fraction of sp³-hybridized carbons (Fsp3) is 0.730. The van der Waals surface area contributed by atoms with Crippen LogP contribution in [0.1, 0.15) is 278 Å². The normalized spacial score (nSPS) is 12.7. The van der Waals surface area contributed by atoms with Gasteiger partial charge in [-0.15, -0.1) is 0 Å². The van der Waals surface area contributed by atoms with E-state index in [-0.39, 0.29) is 37.5 Å². The molecule has 0 bridgehead atoms. The first-order chi connectivity index (χ1) is 34.0. The van der Waals surface area contributed by atoms with Gasteiger partial charge in [-0.25, -0.2) is 0 Å². The van der Waals surface area contributed by atoms with E-state index >= 15 is 0 Å². The van der Waals surface area contributed by atoms with Crippen molar-refractivity contribution in [3.63, 3.8) is 0 Å². The van der Waals surface area contributed by atoms with Gasteiger partial charge >= 0.3 is 17.9 Å². The zero-order valence-corrected chi connectivity index (χ0v) is 45.3. The first kappa shape index (κ1) is 65.6. The van der Waals surface area contributed by atoms with Gasteiger partial charge in [-0.1, -0.05) is 247 Å². The van der Waals surface area contributed by atoms with Crippen molar-refractivity contribution in [2.75, 3.05) is 13.2 Å². The van der Waals surface area contributed by atoms with E-state index in [1.165, 1.54) is 141 Å². The molecule has 0 heterocycles. The van der Waals surface area contributed by atoms with Crippen LogP contribution in [-0.2, 0) is 28.6 Å². The zero-order chi connectivity index (χ0) is 50.0. The van der Waals surface area contributed by atoms with Crippen molar-refractivity contribution >= 4 is 17.9 Å². The molecular weight excluding hydrogens is 853 g/mol. The molecule has 0 N–H and O–H groups in total. The molecule has 0 saturated carbocycles. The average molecular weight is 962 g/mol. The van der Waals surface area contributed by atoms with Gasteiger partial charge in [0.05, 0.1) is 0 Å². The Labute approximate surface area is 426 Å². The fourth-order valence-electron chi connectivity index (χ4n) is 8.03. The van der Waals surface area contributed by atoms with Crippen molar-refractivity contribution < 1.29 is 28.6 Å². The Balaban J connectivity index is 4.42. The molecule has 0 amide bonds. The minimum absolute atomic E-state index is 0.103. The van der Waals surface area contributed by atoms with Crippen LogP contribution in [0.15, 0.2) is 85.1 Å². The highest BCUT2D eigenvalue weighted by Crippen LogP contribution is 2.16. The van der Waals surface area contributed by atoms with Gasteiger partial charge in [0.1, 0.15) is 13.2 Å². The van der Waals surface area contributed by atoms with Gasteiger partial charge in [0.2, 0.25) is 0 Å². The molecule has 396 valence electrons. The largest absolute Gasteiger partial charge is 0.462 e. The number of allylic oxidation sites excluding steroid dienone is 14. The number of carbonyl (C=O) groups excluding carboxylic acids is 3. The molecule has 6 nitrogen and oxygen atoms in total. The van der Waals surface area contributed by atoms with Gasteiger partial charge in [0, 0.05) is 19.3 Å². The molecule has 0 aromatic carbocycles. The molecule has 0 aromatic heterocycles. The SMILES string of the molecule is CC/C=C\C/C=C\C/C=C\C/C=C\CCCCC(=O)OC[C@H](COC(=O)CCCCCCCCCCCCCCCCCCCCCCC)OC(=O)CCCC/C=C\C/C=C\C/C=C\CCCCC. The molecule has 0 aliphatic rings. The molecule has 0 rings (SSSR count). The Hall–Kier alpha value is -3.41. The summed E-state index contributed by atoms with van der Waals surface area (Å²) in [5, 5.41) is 0. The zero-order valence-electron chi connectivity index (χ0n) is 45.3. The third-order valence-electron chi connectivity index (χ3n) is 12.4. The van der Waals surface area contributed by atoms with Crippen molar-refractivity contribution in [1.29, 1.82) is 0 Å². The van der Waals surface area contributed by atoms with Crippen LogP contribution in [0.5, 0.6) is 0 Å². The van der Waals surface area contributed by atoms with Crippen LogP contribution in [0, 0.1) is 0 Å². The summed E-state index contributed by atoms with van der Waals surface area (Å²) in [6.45, 7) is 6.45. The molecule has 1 atom stereocenters. The molecule has 0 fully saturated rings. The third-order valence-corrected chi connectivity index (χ3v) is 12.4. The summed E-state index contributed by atoms with van der Waals surface area (Å²) in [5.74, 6) is -0.979. The summed E-state index contributed by atoms with van der Waals surface area (Å²) in [4.78, 5) is 38.1. The van der Waals surface area contributed by atoms with Crippen LogP contribution < -0.4 is 0 Å². The number of ether oxygens (including phenoxy) is 3. The minimum Gasteiger partial charge on any atom is -0.462 e. The number of hydrogen-bond acceptors (Lipinski definition) is 6. The highest BCUT2D eigenvalue weighted by atomic mass is 16.6. The average Bonchev–Trinajstić information content (AvgIpc) is 3.35. The van der Waals surface area contributed by atoms with E-state index in [0.29, 0.717) is 19.3 Å². The van der Waals surface area contributed by atoms with Gasteiger partial charge in [-0.05, 0) is 96.3 Å². The summed E-state index contributed by atoms with van der Waals surface area (Å²) < 4.78 is 16.8. The lowest BCUT2D eigenvalue weighted by molar-refractivity contribution is -0.167. The molecule has 0 aliphatic carbocycles. The topological polar surface area (TPSA) is 78.9 Å². The van der Waals surface area contributed by atoms with Gasteiger partial charge in [-0.2, -0.15) is 0 Å². The van der Waals surface area contributed by atoms with Crippen LogP contribution in [0.2, 0.25) is 0 Å². The smallest absolute Gasteiger partial charge is 0.306 e. The highest BCUT2D eigenvalue weighted by Gasteiger charge is 2.19. The number of carbonyl (C=O) groups is 3.